The molecule has 0 N–H and O–H groups in total. The van der Waals surface area contributed by atoms with E-state index in [0.717, 1.165) is 27.9 Å². The van der Waals surface area contributed by atoms with Crippen LogP contribution >= 0.6 is 11.3 Å². The van der Waals surface area contributed by atoms with E-state index in [4.69, 9.17) is 9.40 Å². The van der Waals surface area contributed by atoms with E-state index in [-0.39, 0.29) is 18.0 Å². The molecule has 0 radical (unpaired) electrons. The van der Waals surface area contributed by atoms with Gasteiger partial charge in [0.25, 0.3) is 5.91 Å². The van der Waals surface area contributed by atoms with Crippen LogP contribution < -0.4 is 4.90 Å². The summed E-state index contributed by atoms with van der Waals surface area (Å²) in [5.41, 5.74) is 0.899. The standard InChI is InChI=1S/C23H19F3N2O2S/c1-14(2)18-9-4-10-19-20(18)27-22(31-19)28(13-17-8-5-11-30-17)21(29)15-6-3-7-16(12-15)23(24,25)26/h3-12,14H,13H2,1-2H3. The number of aromatic nitrogens is 1. The molecule has 0 bridgehead atoms. The number of para-hydroxylation sites is 1. The molecule has 2 aromatic heterocycles. The lowest BCUT2D eigenvalue weighted by Crippen LogP contribution is -2.30. The average molecular weight is 444 g/mol. The SMILES string of the molecule is CC(C)c1cccc2sc(N(Cc3ccco3)C(=O)c3cccc(C(F)(F)F)c3)nc12. The van der Waals surface area contributed by atoms with Crippen LogP contribution in [-0.2, 0) is 12.7 Å². The lowest BCUT2D eigenvalue weighted by atomic mass is 10.0. The number of hydrogen-bond acceptors (Lipinski definition) is 4. The van der Waals surface area contributed by atoms with Crippen LogP contribution in [0.3, 0.4) is 0 Å². The normalized spacial score (nSPS) is 11.9. The first-order chi connectivity index (χ1) is 14.7. The summed E-state index contributed by atoms with van der Waals surface area (Å²) in [6, 6.07) is 13.7. The third kappa shape index (κ3) is 4.34. The number of thiazole rings is 1. The fourth-order valence-corrected chi connectivity index (χ4v) is 4.31. The van der Waals surface area contributed by atoms with Crippen molar-refractivity contribution in [1.82, 2.24) is 4.98 Å². The van der Waals surface area contributed by atoms with Crippen molar-refractivity contribution in [2.75, 3.05) is 4.90 Å². The Balaban J connectivity index is 1.79. The molecule has 0 spiro atoms. The Kier molecular flexibility index (Phi) is 5.58. The van der Waals surface area contributed by atoms with Crippen LogP contribution in [0.1, 0.15) is 47.0 Å². The van der Waals surface area contributed by atoms with E-state index in [0.29, 0.717) is 10.9 Å². The molecule has 2 heterocycles. The molecule has 31 heavy (non-hydrogen) atoms. The second kappa shape index (κ2) is 8.19. The van der Waals surface area contributed by atoms with E-state index >= 15 is 0 Å². The van der Waals surface area contributed by atoms with Crippen molar-refractivity contribution in [1.29, 1.82) is 0 Å². The van der Waals surface area contributed by atoms with Crippen molar-refractivity contribution in [3.63, 3.8) is 0 Å². The summed E-state index contributed by atoms with van der Waals surface area (Å²) in [5, 5.41) is 0.405. The van der Waals surface area contributed by atoms with Gasteiger partial charge in [0, 0.05) is 5.56 Å². The maximum absolute atomic E-state index is 13.3. The summed E-state index contributed by atoms with van der Waals surface area (Å²) in [5.74, 6) is 0.160. The lowest BCUT2D eigenvalue weighted by Gasteiger charge is -2.19. The highest BCUT2D eigenvalue weighted by Crippen LogP contribution is 2.35. The van der Waals surface area contributed by atoms with E-state index < -0.39 is 17.6 Å². The van der Waals surface area contributed by atoms with Gasteiger partial charge in [-0.2, -0.15) is 13.2 Å². The molecule has 1 amide bonds. The van der Waals surface area contributed by atoms with Gasteiger partial charge in [0.05, 0.1) is 28.6 Å². The van der Waals surface area contributed by atoms with Crippen LogP contribution in [0.4, 0.5) is 18.3 Å². The molecular weight excluding hydrogens is 425 g/mol. The molecule has 0 aliphatic carbocycles. The Morgan fingerprint density at radius 3 is 2.58 bits per heavy atom. The topological polar surface area (TPSA) is 46.3 Å². The summed E-state index contributed by atoms with van der Waals surface area (Å²) in [6.45, 7) is 4.17. The van der Waals surface area contributed by atoms with Crippen molar-refractivity contribution in [3.05, 3.63) is 83.3 Å². The number of benzene rings is 2. The molecule has 4 rings (SSSR count). The number of anilines is 1. The van der Waals surface area contributed by atoms with E-state index in [1.54, 1.807) is 12.1 Å². The lowest BCUT2D eigenvalue weighted by molar-refractivity contribution is -0.137. The first-order valence-electron chi connectivity index (χ1n) is 9.65. The number of fused-ring (bicyclic) bond motifs is 1. The van der Waals surface area contributed by atoms with Crippen LogP contribution in [0.25, 0.3) is 10.2 Å². The summed E-state index contributed by atoms with van der Waals surface area (Å²) >= 11 is 1.32. The van der Waals surface area contributed by atoms with Gasteiger partial charge >= 0.3 is 6.18 Å². The molecule has 0 unspecified atom stereocenters. The van der Waals surface area contributed by atoms with Crippen molar-refractivity contribution < 1.29 is 22.4 Å². The van der Waals surface area contributed by atoms with Crippen LogP contribution in [0, 0.1) is 0 Å². The van der Waals surface area contributed by atoms with Gasteiger partial charge < -0.3 is 4.42 Å². The van der Waals surface area contributed by atoms with Gasteiger partial charge in [0.15, 0.2) is 5.13 Å². The second-order valence-corrected chi connectivity index (χ2v) is 8.40. The number of rotatable bonds is 5. The summed E-state index contributed by atoms with van der Waals surface area (Å²) in [4.78, 5) is 19.4. The number of furan rings is 1. The minimum absolute atomic E-state index is 0.0545. The zero-order chi connectivity index (χ0) is 22.2. The molecule has 4 aromatic rings. The maximum atomic E-state index is 13.3. The molecule has 0 saturated carbocycles. The number of carbonyl (C=O) groups is 1. The van der Waals surface area contributed by atoms with Gasteiger partial charge in [0.2, 0.25) is 0 Å². The second-order valence-electron chi connectivity index (χ2n) is 7.39. The molecule has 0 saturated heterocycles. The molecule has 160 valence electrons. The van der Waals surface area contributed by atoms with Crippen molar-refractivity contribution in [3.8, 4) is 0 Å². The van der Waals surface area contributed by atoms with E-state index in [1.165, 1.54) is 34.6 Å². The van der Waals surface area contributed by atoms with Crippen molar-refractivity contribution in [2.45, 2.75) is 32.5 Å². The molecule has 0 atom stereocenters. The first-order valence-corrected chi connectivity index (χ1v) is 10.5. The van der Waals surface area contributed by atoms with E-state index in [1.807, 2.05) is 18.2 Å². The van der Waals surface area contributed by atoms with Gasteiger partial charge in [-0.1, -0.05) is 43.4 Å². The third-order valence-corrected chi connectivity index (χ3v) is 5.91. The van der Waals surface area contributed by atoms with Crippen LogP contribution in [0.15, 0.2) is 65.3 Å². The third-order valence-electron chi connectivity index (χ3n) is 4.87. The fourth-order valence-electron chi connectivity index (χ4n) is 3.31. The molecule has 4 nitrogen and oxygen atoms in total. The van der Waals surface area contributed by atoms with Gasteiger partial charge in [-0.25, -0.2) is 4.98 Å². The number of halogens is 3. The Labute approximate surface area is 180 Å². The quantitative estimate of drug-likeness (QED) is 0.337. The van der Waals surface area contributed by atoms with E-state index in [9.17, 15) is 18.0 Å². The minimum atomic E-state index is -4.54. The molecular formula is C23H19F3N2O2S. The Bertz CT molecular complexity index is 1210. The smallest absolute Gasteiger partial charge is 0.416 e. The summed E-state index contributed by atoms with van der Waals surface area (Å²) < 4.78 is 45.8. The van der Waals surface area contributed by atoms with Gasteiger partial charge in [-0.15, -0.1) is 0 Å². The highest BCUT2D eigenvalue weighted by atomic mass is 32.1. The minimum Gasteiger partial charge on any atom is -0.467 e. The van der Waals surface area contributed by atoms with E-state index in [2.05, 4.69) is 13.8 Å². The molecule has 0 fully saturated rings. The molecule has 8 heteroatoms. The maximum Gasteiger partial charge on any atom is 0.416 e. The van der Waals surface area contributed by atoms with Crippen LogP contribution in [-0.4, -0.2) is 10.9 Å². The van der Waals surface area contributed by atoms with Crippen molar-refractivity contribution in [2.24, 2.45) is 0 Å². The monoisotopic (exact) mass is 444 g/mol. The largest absolute Gasteiger partial charge is 0.467 e. The zero-order valence-electron chi connectivity index (χ0n) is 16.8. The predicted molar refractivity (Wildman–Crippen MR) is 114 cm³/mol. The van der Waals surface area contributed by atoms with Gasteiger partial charge in [-0.3, -0.25) is 9.69 Å². The first kappa shape index (κ1) is 21.1. The predicted octanol–water partition coefficient (Wildman–Crippen LogP) is 6.88. The fraction of sp³-hybridized carbons (Fsp3) is 0.217. The average Bonchev–Trinajstić information content (AvgIpc) is 3.40. The molecule has 2 aromatic carbocycles. The van der Waals surface area contributed by atoms with Gasteiger partial charge in [-0.05, 0) is 47.9 Å². The Morgan fingerprint density at radius 1 is 1.13 bits per heavy atom. The van der Waals surface area contributed by atoms with Gasteiger partial charge in [0.1, 0.15) is 5.76 Å². The van der Waals surface area contributed by atoms with Crippen molar-refractivity contribution >= 4 is 32.6 Å². The summed E-state index contributed by atoms with van der Waals surface area (Å²) in [6.07, 6.45) is -3.05. The highest BCUT2D eigenvalue weighted by molar-refractivity contribution is 7.22. The number of carbonyl (C=O) groups excluding carboxylic acids is 1. The Hall–Kier alpha value is -3.13. The zero-order valence-corrected chi connectivity index (χ0v) is 17.6. The highest BCUT2D eigenvalue weighted by Gasteiger charge is 2.32. The Morgan fingerprint density at radius 2 is 1.90 bits per heavy atom. The summed E-state index contributed by atoms with van der Waals surface area (Å²) in [7, 11) is 0. The number of hydrogen-bond donors (Lipinski definition) is 0. The number of alkyl halides is 3. The number of amides is 1. The number of nitrogens with zero attached hydrogens (tertiary/aromatic N) is 2. The van der Waals surface area contributed by atoms with Crippen LogP contribution in [0.5, 0.6) is 0 Å². The molecule has 0 aliphatic heterocycles. The van der Waals surface area contributed by atoms with Crippen LogP contribution in [0.2, 0.25) is 0 Å². The molecule has 0 aliphatic rings.